The normalized spacial score (nSPS) is 13.4. The average Bonchev–Trinajstić information content (AvgIpc) is 2.63. The summed E-state index contributed by atoms with van der Waals surface area (Å²) in [5, 5.41) is 0.716. The molecule has 0 bridgehead atoms. The van der Waals surface area contributed by atoms with Gasteiger partial charge in [0.1, 0.15) is 0 Å². The molecule has 2 aromatic rings. The van der Waals surface area contributed by atoms with Crippen LogP contribution in [0.4, 0.5) is 5.95 Å². The van der Waals surface area contributed by atoms with E-state index in [1.54, 1.807) is 0 Å². The highest BCUT2D eigenvalue weighted by molar-refractivity contribution is 6.35. The molecule has 0 radical (unpaired) electrons. The van der Waals surface area contributed by atoms with Gasteiger partial charge in [0.15, 0.2) is 0 Å². The minimum atomic E-state index is 0.317. The van der Waals surface area contributed by atoms with Crippen LogP contribution < -0.4 is 5.73 Å². The molecule has 0 aliphatic rings. The number of hydrogen-bond acceptors (Lipinski definition) is 2. The number of nitrogen functional groups attached to an aromatic ring is 1. The molecule has 0 fully saturated rings. The van der Waals surface area contributed by atoms with Gasteiger partial charge in [-0.1, -0.05) is 31.5 Å². The lowest BCUT2D eigenvalue weighted by Crippen LogP contribution is -2.10. The zero-order chi connectivity index (χ0) is 13.3. The molecule has 4 heteroatoms. The summed E-state index contributed by atoms with van der Waals surface area (Å²) in [6.07, 6.45) is 2.25. The van der Waals surface area contributed by atoms with Crippen LogP contribution in [0.1, 0.15) is 39.7 Å². The number of nitrogens with zero attached hydrogens (tertiary/aromatic N) is 2. The quantitative estimate of drug-likeness (QED) is 0.897. The number of hydrogen-bond donors (Lipinski definition) is 1. The average molecular weight is 266 g/mol. The maximum absolute atomic E-state index is 6.27. The first-order chi connectivity index (χ1) is 8.50. The van der Waals surface area contributed by atoms with Gasteiger partial charge in [0, 0.05) is 6.04 Å². The Labute approximate surface area is 113 Å². The molecular weight excluding hydrogens is 246 g/mol. The number of imidazole rings is 1. The molecule has 0 aliphatic heterocycles. The van der Waals surface area contributed by atoms with E-state index in [0.29, 0.717) is 22.9 Å². The zero-order valence-electron chi connectivity index (χ0n) is 11.2. The van der Waals surface area contributed by atoms with E-state index in [9.17, 15) is 0 Å². The van der Waals surface area contributed by atoms with Gasteiger partial charge in [-0.2, -0.15) is 0 Å². The highest BCUT2D eigenvalue weighted by atomic mass is 35.5. The van der Waals surface area contributed by atoms with Crippen molar-refractivity contribution in [3.8, 4) is 0 Å². The van der Waals surface area contributed by atoms with E-state index in [4.69, 9.17) is 17.3 Å². The summed E-state index contributed by atoms with van der Waals surface area (Å²) in [5.41, 5.74) is 7.85. The molecule has 1 aromatic heterocycles. The summed E-state index contributed by atoms with van der Waals surface area (Å²) < 4.78 is 2.06. The Morgan fingerprint density at radius 2 is 2.00 bits per heavy atom. The van der Waals surface area contributed by atoms with Gasteiger partial charge < -0.3 is 10.3 Å². The van der Waals surface area contributed by atoms with Crippen LogP contribution in [0.3, 0.4) is 0 Å². The predicted molar refractivity (Wildman–Crippen MR) is 77.9 cm³/mol. The first kappa shape index (κ1) is 13.2. The number of anilines is 1. The molecule has 0 saturated carbocycles. The predicted octanol–water partition coefficient (Wildman–Crippen LogP) is 4.27. The number of nitrogens with two attached hydrogens (primary N) is 1. The van der Waals surface area contributed by atoms with E-state index in [0.717, 1.165) is 17.5 Å². The van der Waals surface area contributed by atoms with Crippen LogP contribution in [-0.4, -0.2) is 9.55 Å². The molecule has 1 aromatic carbocycles. The lowest BCUT2D eigenvalue weighted by Gasteiger charge is -2.17. The fourth-order valence-electron chi connectivity index (χ4n) is 2.27. The molecule has 0 amide bonds. The SMILES string of the molecule is CC(C)CCC(C)n1c(N)nc2cccc(Cl)c21. The Morgan fingerprint density at radius 3 is 2.67 bits per heavy atom. The zero-order valence-corrected chi connectivity index (χ0v) is 11.9. The number of benzene rings is 1. The van der Waals surface area contributed by atoms with E-state index in [1.165, 1.54) is 6.42 Å². The molecule has 0 spiro atoms. The lowest BCUT2D eigenvalue weighted by molar-refractivity contribution is 0.450. The number of fused-ring (bicyclic) bond motifs is 1. The summed E-state index contributed by atoms with van der Waals surface area (Å²) in [4.78, 5) is 4.38. The van der Waals surface area contributed by atoms with Crippen molar-refractivity contribution in [1.82, 2.24) is 9.55 Å². The van der Waals surface area contributed by atoms with Gasteiger partial charge >= 0.3 is 0 Å². The van der Waals surface area contributed by atoms with Crippen LogP contribution in [0, 0.1) is 5.92 Å². The van der Waals surface area contributed by atoms with Crippen molar-refractivity contribution in [2.75, 3.05) is 5.73 Å². The van der Waals surface area contributed by atoms with Crippen molar-refractivity contribution in [3.63, 3.8) is 0 Å². The van der Waals surface area contributed by atoms with Crippen molar-refractivity contribution < 1.29 is 0 Å². The van der Waals surface area contributed by atoms with Gasteiger partial charge in [0.05, 0.1) is 16.1 Å². The molecule has 1 heterocycles. The molecule has 18 heavy (non-hydrogen) atoms. The molecule has 3 nitrogen and oxygen atoms in total. The molecule has 0 saturated heterocycles. The minimum Gasteiger partial charge on any atom is -0.369 e. The van der Waals surface area contributed by atoms with Crippen LogP contribution in [0.5, 0.6) is 0 Å². The van der Waals surface area contributed by atoms with Crippen molar-refractivity contribution in [2.24, 2.45) is 5.92 Å². The highest BCUT2D eigenvalue weighted by Gasteiger charge is 2.16. The monoisotopic (exact) mass is 265 g/mol. The molecule has 1 unspecified atom stereocenters. The topological polar surface area (TPSA) is 43.8 Å². The number of rotatable bonds is 4. The van der Waals surface area contributed by atoms with Gasteiger partial charge in [0.25, 0.3) is 0 Å². The van der Waals surface area contributed by atoms with Crippen LogP contribution >= 0.6 is 11.6 Å². The summed E-state index contributed by atoms with van der Waals surface area (Å²) in [5.74, 6) is 1.24. The van der Waals surface area contributed by atoms with Gasteiger partial charge in [-0.05, 0) is 37.8 Å². The van der Waals surface area contributed by atoms with Gasteiger partial charge in [-0.3, -0.25) is 0 Å². The first-order valence-corrected chi connectivity index (χ1v) is 6.80. The largest absolute Gasteiger partial charge is 0.369 e. The molecule has 1 atom stereocenters. The molecule has 2 rings (SSSR count). The third-order valence-corrected chi connectivity index (χ3v) is 3.60. The number of aromatic nitrogens is 2. The maximum Gasteiger partial charge on any atom is 0.201 e. The Hall–Kier alpha value is -1.22. The Morgan fingerprint density at radius 1 is 1.28 bits per heavy atom. The Bertz CT molecular complexity index is 545. The second-order valence-electron chi connectivity index (χ2n) is 5.27. The standard InChI is InChI=1S/C14H20ClN3/c1-9(2)7-8-10(3)18-13-11(15)5-4-6-12(13)17-14(18)16/h4-6,9-10H,7-8H2,1-3H3,(H2,16,17). The third-order valence-electron chi connectivity index (χ3n) is 3.29. The summed E-state index contributed by atoms with van der Waals surface area (Å²) in [6.45, 7) is 6.63. The molecule has 98 valence electrons. The van der Waals surface area contributed by atoms with Crippen molar-refractivity contribution in [3.05, 3.63) is 23.2 Å². The first-order valence-electron chi connectivity index (χ1n) is 6.42. The van der Waals surface area contributed by atoms with E-state index in [2.05, 4.69) is 30.3 Å². The Balaban J connectivity index is 2.40. The second-order valence-corrected chi connectivity index (χ2v) is 5.67. The van der Waals surface area contributed by atoms with Gasteiger partial charge in [-0.25, -0.2) is 4.98 Å². The van der Waals surface area contributed by atoms with E-state index >= 15 is 0 Å². The fourth-order valence-corrected chi connectivity index (χ4v) is 2.53. The number of para-hydroxylation sites is 1. The van der Waals surface area contributed by atoms with Crippen molar-refractivity contribution in [2.45, 2.75) is 39.7 Å². The van der Waals surface area contributed by atoms with Gasteiger partial charge in [-0.15, -0.1) is 0 Å². The molecule has 2 N–H and O–H groups in total. The van der Waals surface area contributed by atoms with Crippen LogP contribution in [0.2, 0.25) is 5.02 Å². The van der Waals surface area contributed by atoms with E-state index < -0.39 is 0 Å². The van der Waals surface area contributed by atoms with Crippen LogP contribution in [-0.2, 0) is 0 Å². The summed E-state index contributed by atoms with van der Waals surface area (Å²) >= 11 is 6.27. The third kappa shape index (κ3) is 2.46. The maximum atomic E-state index is 6.27. The van der Waals surface area contributed by atoms with Gasteiger partial charge in [0.2, 0.25) is 5.95 Å². The van der Waals surface area contributed by atoms with Crippen LogP contribution in [0.15, 0.2) is 18.2 Å². The fraction of sp³-hybridized carbons (Fsp3) is 0.500. The Kier molecular flexibility index (Phi) is 3.81. The minimum absolute atomic E-state index is 0.317. The lowest BCUT2D eigenvalue weighted by atomic mass is 10.0. The number of halogens is 1. The summed E-state index contributed by atoms with van der Waals surface area (Å²) in [7, 11) is 0. The van der Waals surface area contributed by atoms with E-state index in [-0.39, 0.29) is 0 Å². The molecule has 0 aliphatic carbocycles. The van der Waals surface area contributed by atoms with E-state index in [1.807, 2.05) is 18.2 Å². The summed E-state index contributed by atoms with van der Waals surface area (Å²) in [6, 6.07) is 6.05. The second kappa shape index (κ2) is 5.19. The highest BCUT2D eigenvalue weighted by Crippen LogP contribution is 2.30. The van der Waals surface area contributed by atoms with Crippen LogP contribution in [0.25, 0.3) is 11.0 Å². The van der Waals surface area contributed by atoms with Crippen molar-refractivity contribution >= 4 is 28.6 Å². The smallest absolute Gasteiger partial charge is 0.201 e. The van der Waals surface area contributed by atoms with Crippen molar-refractivity contribution in [1.29, 1.82) is 0 Å². The molecular formula is C14H20ClN3.